The number of aromatic nitrogens is 2. The first-order chi connectivity index (χ1) is 10.9. The standard InChI is InChI=1S/C19H18N2S/c1-2-5-15(19-12(4-1)8-9-22-19)13-6-3-7-14-16(13)10-18-17(14)11-20-21-18/h3,6-9,11,15H,1-2,4-5,10H2,(H,20,21). The van der Waals surface area contributed by atoms with E-state index >= 15 is 0 Å². The maximum absolute atomic E-state index is 4.20. The van der Waals surface area contributed by atoms with Gasteiger partial charge < -0.3 is 0 Å². The highest BCUT2D eigenvalue weighted by Gasteiger charge is 2.28. The van der Waals surface area contributed by atoms with Crippen LogP contribution in [0.5, 0.6) is 0 Å². The minimum absolute atomic E-state index is 0.587. The maximum Gasteiger partial charge on any atom is 0.0568 e. The summed E-state index contributed by atoms with van der Waals surface area (Å²) in [6.45, 7) is 0. The molecule has 0 bridgehead atoms. The Hall–Kier alpha value is -1.87. The number of fused-ring (bicyclic) bond motifs is 4. The molecule has 1 N–H and O–H groups in total. The molecule has 1 unspecified atom stereocenters. The van der Waals surface area contributed by atoms with Gasteiger partial charge in [0, 0.05) is 28.5 Å². The molecule has 3 heteroatoms. The fourth-order valence-corrected chi connectivity index (χ4v) is 5.30. The molecule has 2 aromatic heterocycles. The molecule has 0 aliphatic heterocycles. The second-order valence-corrected chi connectivity index (χ2v) is 7.37. The zero-order valence-corrected chi connectivity index (χ0v) is 13.2. The van der Waals surface area contributed by atoms with Crippen LogP contribution in [0.1, 0.15) is 52.4 Å². The summed E-state index contributed by atoms with van der Waals surface area (Å²) in [6.07, 6.45) is 8.21. The van der Waals surface area contributed by atoms with E-state index < -0.39 is 0 Å². The number of H-pyrrole nitrogens is 1. The largest absolute Gasteiger partial charge is 0.282 e. The lowest BCUT2D eigenvalue weighted by Crippen LogP contribution is -2.03. The summed E-state index contributed by atoms with van der Waals surface area (Å²) >= 11 is 1.95. The Morgan fingerprint density at radius 3 is 3.14 bits per heavy atom. The van der Waals surface area contributed by atoms with E-state index in [1.54, 1.807) is 16.0 Å². The Morgan fingerprint density at radius 2 is 2.14 bits per heavy atom. The summed E-state index contributed by atoms with van der Waals surface area (Å²) in [7, 11) is 0. The summed E-state index contributed by atoms with van der Waals surface area (Å²) in [5.74, 6) is 0.587. The number of aromatic amines is 1. The predicted octanol–water partition coefficient (Wildman–Crippen LogP) is 4.90. The molecule has 0 saturated heterocycles. The first-order valence-corrected chi connectivity index (χ1v) is 9.00. The lowest BCUT2D eigenvalue weighted by atomic mass is 9.87. The second kappa shape index (κ2) is 4.82. The Kier molecular flexibility index (Phi) is 2.77. The van der Waals surface area contributed by atoms with Crippen LogP contribution in [0.15, 0.2) is 35.8 Å². The van der Waals surface area contributed by atoms with Gasteiger partial charge in [0.1, 0.15) is 0 Å². The van der Waals surface area contributed by atoms with Gasteiger partial charge >= 0.3 is 0 Å². The van der Waals surface area contributed by atoms with Gasteiger partial charge in [-0.1, -0.05) is 24.6 Å². The van der Waals surface area contributed by atoms with Crippen molar-refractivity contribution < 1.29 is 0 Å². The van der Waals surface area contributed by atoms with Crippen LogP contribution >= 0.6 is 11.3 Å². The van der Waals surface area contributed by atoms with Crippen molar-refractivity contribution >= 4 is 11.3 Å². The van der Waals surface area contributed by atoms with Gasteiger partial charge in [-0.3, -0.25) is 5.10 Å². The highest BCUT2D eigenvalue weighted by molar-refractivity contribution is 7.10. The molecule has 0 fully saturated rings. The molecule has 3 aromatic rings. The van der Waals surface area contributed by atoms with Crippen molar-refractivity contribution in [1.82, 2.24) is 10.2 Å². The van der Waals surface area contributed by atoms with Crippen molar-refractivity contribution in [2.45, 2.75) is 38.0 Å². The van der Waals surface area contributed by atoms with Gasteiger partial charge in [0.15, 0.2) is 0 Å². The third-order valence-corrected chi connectivity index (χ3v) is 6.31. The van der Waals surface area contributed by atoms with E-state index in [1.165, 1.54) is 48.1 Å². The van der Waals surface area contributed by atoms with Gasteiger partial charge in [0.05, 0.1) is 6.20 Å². The van der Waals surface area contributed by atoms with E-state index in [-0.39, 0.29) is 0 Å². The summed E-state index contributed by atoms with van der Waals surface area (Å²) < 4.78 is 0. The summed E-state index contributed by atoms with van der Waals surface area (Å²) in [5, 5.41) is 9.65. The zero-order chi connectivity index (χ0) is 14.5. The average Bonchev–Trinajstić information content (AvgIpc) is 3.21. The van der Waals surface area contributed by atoms with Crippen LogP contribution in [-0.4, -0.2) is 10.2 Å². The Bertz CT molecular complexity index is 843. The highest BCUT2D eigenvalue weighted by Crippen LogP contribution is 2.45. The smallest absolute Gasteiger partial charge is 0.0568 e. The first-order valence-electron chi connectivity index (χ1n) is 8.12. The van der Waals surface area contributed by atoms with Crippen LogP contribution in [0.25, 0.3) is 11.1 Å². The Balaban J connectivity index is 1.67. The number of thiophene rings is 1. The SMILES string of the molecule is c1cc2c(c(C3CCCCc4ccsc43)c1)Cc1[nH]ncc1-2. The van der Waals surface area contributed by atoms with E-state index in [2.05, 4.69) is 39.8 Å². The maximum atomic E-state index is 4.20. The molecule has 2 aliphatic rings. The predicted molar refractivity (Wildman–Crippen MR) is 90.5 cm³/mol. The van der Waals surface area contributed by atoms with Gasteiger partial charge in [-0.15, -0.1) is 11.3 Å². The van der Waals surface area contributed by atoms with Gasteiger partial charge in [-0.05, 0) is 53.0 Å². The van der Waals surface area contributed by atoms with Crippen molar-refractivity contribution in [3.8, 4) is 11.1 Å². The monoisotopic (exact) mass is 306 g/mol. The third kappa shape index (κ3) is 1.75. The molecule has 0 saturated carbocycles. The molecule has 1 atom stereocenters. The molecule has 5 rings (SSSR count). The van der Waals surface area contributed by atoms with Gasteiger partial charge in [-0.25, -0.2) is 0 Å². The number of aryl methyl sites for hydroxylation is 1. The molecule has 110 valence electrons. The van der Waals surface area contributed by atoms with Crippen LogP contribution in [0, 0.1) is 0 Å². The van der Waals surface area contributed by atoms with Crippen molar-refractivity contribution in [1.29, 1.82) is 0 Å². The van der Waals surface area contributed by atoms with Crippen molar-refractivity contribution in [2.24, 2.45) is 0 Å². The van der Waals surface area contributed by atoms with Crippen LogP contribution in [0.3, 0.4) is 0 Å². The van der Waals surface area contributed by atoms with Crippen molar-refractivity contribution in [3.05, 3.63) is 63.1 Å². The summed E-state index contributed by atoms with van der Waals surface area (Å²) in [5.41, 5.74) is 8.64. The number of rotatable bonds is 1. The van der Waals surface area contributed by atoms with E-state index in [4.69, 9.17) is 0 Å². The van der Waals surface area contributed by atoms with Gasteiger partial charge in [0.2, 0.25) is 0 Å². The topological polar surface area (TPSA) is 28.7 Å². The lowest BCUT2D eigenvalue weighted by molar-refractivity contribution is 0.659. The van der Waals surface area contributed by atoms with E-state index in [1.807, 2.05) is 17.5 Å². The lowest BCUT2D eigenvalue weighted by Gasteiger charge is -2.19. The Labute approximate surface area is 134 Å². The molecule has 2 aliphatic carbocycles. The number of nitrogens with zero attached hydrogens (tertiary/aromatic N) is 1. The van der Waals surface area contributed by atoms with Gasteiger partial charge in [0.25, 0.3) is 0 Å². The van der Waals surface area contributed by atoms with Crippen LogP contribution in [0.4, 0.5) is 0 Å². The third-order valence-electron chi connectivity index (χ3n) is 5.24. The summed E-state index contributed by atoms with van der Waals surface area (Å²) in [6, 6.07) is 9.19. The zero-order valence-electron chi connectivity index (χ0n) is 12.4. The first kappa shape index (κ1) is 12.7. The van der Waals surface area contributed by atoms with Crippen LogP contribution in [0.2, 0.25) is 0 Å². The number of hydrogen-bond acceptors (Lipinski definition) is 2. The highest BCUT2D eigenvalue weighted by atomic mass is 32.1. The van der Waals surface area contributed by atoms with Crippen LogP contribution < -0.4 is 0 Å². The Morgan fingerprint density at radius 1 is 1.14 bits per heavy atom. The fraction of sp³-hybridized carbons (Fsp3) is 0.316. The van der Waals surface area contributed by atoms with Crippen LogP contribution in [-0.2, 0) is 12.8 Å². The van der Waals surface area contributed by atoms with Crippen molar-refractivity contribution in [3.63, 3.8) is 0 Å². The fourth-order valence-electron chi connectivity index (χ4n) is 4.19. The molecule has 0 spiro atoms. The summed E-state index contributed by atoms with van der Waals surface area (Å²) in [4.78, 5) is 1.61. The molecule has 0 radical (unpaired) electrons. The molecule has 2 nitrogen and oxygen atoms in total. The molecule has 2 heterocycles. The normalized spacial score (nSPS) is 19.4. The van der Waals surface area contributed by atoms with E-state index in [0.717, 1.165) is 6.42 Å². The molecular formula is C19H18N2S. The molecule has 1 aromatic carbocycles. The van der Waals surface area contributed by atoms with E-state index in [0.29, 0.717) is 5.92 Å². The number of benzene rings is 1. The minimum atomic E-state index is 0.587. The molecule has 0 amide bonds. The average molecular weight is 306 g/mol. The van der Waals surface area contributed by atoms with E-state index in [9.17, 15) is 0 Å². The van der Waals surface area contributed by atoms with Gasteiger partial charge in [-0.2, -0.15) is 5.10 Å². The molecule has 22 heavy (non-hydrogen) atoms. The minimum Gasteiger partial charge on any atom is -0.282 e. The number of hydrogen-bond donors (Lipinski definition) is 1. The molecular weight excluding hydrogens is 288 g/mol. The quantitative estimate of drug-likeness (QED) is 0.498. The second-order valence-electron chi connectivity index (χ2n) is 6.42. The van der Waals surface area contributed by atoms with Crippen molar-refractivity contribution in [2.75, 3.05) is 0 Å². The number of nitrogens with one attached hydrogen (secondary N) is 1.